The number of unbranched alkanes of at least 4 members (excludes halogenated alkanes) is 2. The van der Waals surface area contributed by atoms with Crippen LogP contribution in [-0.4, -0.2) is 18.0 Å². The summed E-state index contributed by atoms with van der Waals surface area (Å²) in [5.74, 6) is 0. The Morgan fingerprint density at radius 3 is 1.48 bits per heavy atom. The molecule has 0 spiro atoms. The van der Waals surface area contributed by atoms with Crippen LogP contribution in [0.3, 0.4) is 0 Å². The molecule has 0 saturated heterocycles. The Morgan fingerprint density at radius 2 is 1.22 bits per heavy atom. The fraction of sp³-hybridized carbons (Fsp3) is 0.727. The van der Waals surface area contributed by atoms with E-state index < -0.39 is 0 Å². The minimum absolute atomic E-state index is 1.16. The summed E-state index contributed by atoms with van der Waals surface area (Å²) in [5, 5.41) is 0. The lowest BCUT2D eigenvalue weighted by Gasteiger charge is -2.29. The summed E-state index contributed by atoms with van der Waals surface area (Å²) in [4.78, 5) is 2.55. The van der Waals surface area contributed by atoms with E-state index in [0.717, 1.165) is 13.1 Å². The quantitative estimate of drug-likeness (QED) is 0.392. The molecular formula is C22H45N. The Morgan fingerprint density at radius 1 is 0.826 bits per heavy atom. The summed E-state index contributed by atoms with van der Waals surface area (Å²) >= 11 is 0. The molecule has 0 aliphatic heterocycles. The molecule has 0 aliphatic rings. The highest BCUT2D eigenvalue weighted by Gasteiger charge is 2.12. The van der Waals surface area contributed by atoms with Crippen molar-refractivity contribution in [3.8, 4) is 0 Å². The normalized spacial score (nSPS) is 11.5. The van der Waals surface area contributed by atoms with Crippen molar-refractivity contribution < 1.29 is 0 Å². The molecule has 0 amide bonds. The predicted octanol–water partition coefficient (Wildman–Crippen LogP) is 7.76. The summed E-state index contributed by atoms with van der Waals surface area (Å²) in [5.41, 5.74) is 5.26. The van der Waals surface area contributed by atoms with E-state index in [2.05, 4.69) is 59.1 Å². The molecule has 0 rings (SSSR count). The van der Waals surface area contributed by atoms with Crippen LogP contribution in [0.1, 0.15) is 94.9 Å². The number of allylic oxidation sites excluding steroid dienone is 4. The second kappa shape index (κ2) is 19.1. The third-order valence-electron chi connectivity index (χ3n) is 3.76. The van der Waals surface area contributed by atoms with E-state index in [1.54, 1.807) is 0 Å². The Balaban J connectivity index is -0.000000919. The van der Waals surface area contributed by atoms with E-state index in [9.17, 15) is 0 Å². The van der Waals surface area contributed by atoms with Crippen molar-refractivity contribution >= 4 is 0 Å². The molecule has 0 aromatic rings. The monoisotopic (exact) mass is 323 g/mol. The molecule has 0 N–H and O–H groups in total. The summed E-state index contributed by atoms with van der Waals surface area (Å²) in [6.45, 7) is 27.6. The van der Waals surface area contributed by atoms with Crippen molar-refractivity contribution in [1.82, 2.24) is 4.90 Å². The summed E-state index contributed by atoms with van der Waals surface area (Å²) < 4.78 is 0. The fourth-order valence-electron chi connectivity index (χ4n) is 2.20. The van der Waals surface area contributed by atoms with Crippen LogP contribution in [0, 0.1) is 0 Å². The van der Waals surface area contributed by atoms with Crippen LogP contribution in [-0.2, 0) is 0 Å². The van der Waals surface area contributed by atoms with Gasteiger partial charge >= 0.3 is 0 Å². The average Bonchev–Trinajstić information content (AvgIpc) is 2.59. The minimum atomic E-state index is 1.16. The van der Waals surface area contributed by atoms with E-state index in [1.807, 2.05) is 27.7 Å². The molecule has 1 heteroatoms. The van der Waals surface area contributed by atoms with Gasteiger partial charge in [-0.1, -0.05) is 72.6 Å². The highest BCUT2D eigenvalue weighted by Crippen LogP contribution is 2.23. The molecule has 0 fully saturated rings. The van der Waals surface area contributed by atoms with Gasteiger partial charge in [0, 0.05) is 18.8 Å². The fourth-order valence-corrected chi connectivity index (χ4v) is 2.20. The van der Waals surface area contributed by atoms with Gasteiger partial charge in [-0.05, 0) is 51.7 Å². The molecule has 0 radical (unpaired) electrons. The van der Waals surface area contributed by atoms with E-state index in [0.29, 0.717) is 0 Å². The Labute approximate surface area is 148 Å². The summed E-state index contributed by atoms with van der Waals surface area (Å²) in [7, 11) is 0. The van der Waals surface area contributed by atoms with Gasteiger partial charge in [-0.2, -0.15) is 0 Å². The molecule has 0 atom stereocenters. The van der Waals surface area contributed by atoms with Gasteiger partial charge in [0.1, 0.15) is 0 Å². The highest BCUT2D eigenvalue weighted by atomic mass is 15.1. The molecule has 0 saturated carbocycles. The largest absolute Gasteiger partial charge is 0.372 e. The first kappa shape index (κ1) is 26.9. The van der Waals surface area contributed by atoms with Crippen LogP contribution >= 0.6 is 0 Å². The third-order valence-corrected chi connectivity index (χ3v) is 3.76. The van der Waals surface area contributed by atoms with Crippen LogP contribution < -0.4 is 0 Å². The van der Waals surface area contributed by atoms with Gasteiger partial charge in [0.2, 0.25) is 0 Å². The minimum Gasteiger partial charge on any atom is -0.372 e. The van der Waals surface area contributed by atoms with Crippen LogP contribution in [0.15, 0.2) is 35.1 Å². The van der Waals surface area contributed by atoms with E-state index >= 15 is 0 Å². The van der Waals surface area contributed by atoms with Gasteiger partial charge in [-0.3, -0.25) is 0 Å². The van der Waals surface area contributed by atoms with Gasteiger partial charge in [0.15, 0.2) is 0 Å². The van der Waals surface area contributed by atoms with Gasteiger partial charge in [-0.15, -0.1) is 0 Å². The lowest BCUT2D eigenvalue weighted by Crippen LogP contribution is -2.26. The highest BCUT2D eigenvalue weighted by molar-refractivity contribution is 5.40. The molecule has 0 bridgehead atoms. The maximum atomic E-state index is 4.07. The lowest BCUT2D eigenvalue weighted by molar-refractivity contribution is 0.335. The first-order valence-corrected chi connectivity index (χ1v) is 9.74. The molecule has 0 aliphatic carbocycles. The van der Waals surface area contributed by atoms with Gasteiger partial charge in [0.05, 0.1) is 0 Å². The molecule has 23 heavy (non-hydrogen) atoms. The SMILES string of the molecule is C=C(C)/C(C)=C(C)/C(=C/C)N(CCCC)CCCC.CC.CC. The predicted molar refractivity (Wildman–Crippen MR) is 111 cm³/mol. The zero-order valence-corrected chi connectivity index (χ0v) is 18.0. The Bertz CT molecular complexity index is 326. The van der Waals surface area contributed by atoms with Crippen molar-refractivity contribution in [3.63, 3.8) is 0 Å². The summed E-state index contributed by atoms with van der Waals surface area (Å²) in [6, 6.07) is 0. The van der Waals surface area contributed by atoms with Crippen LogP contribution in [0.2, 0.25) is 0 Å². The molecule has 0 heterocycles. The van der Waals surface area contributed by atoms with E-state index in [1.165, 1.54) is 48.1 Å². The van der Waals surface area contributed by atoms with Crippen molar-refractivity contribution in [2.45, 2.75) is 94.9 Å². The Kier molecular flexibility index (Phi) is 22.3. The molecular weight excluding hydrogens is 278 g/mol. The second-order valence-electron chi connectivity index (χ2n) is 5.40. The standard InChI is InChI=1S/C18H33N.2C2H6/c1-8-11-13-19(14-12-9-2)18(10-3)17(7)16(6)15(4)5;2*1-2/h10H,4,8-9,11-14H2,1-3,5-7H3;2*1-2H3/b17-16+,18-10-;;. The lowest BCUT2D eigenvalue weighted by atomic mass is 10.0. The molecule has 0 aromatic carbocycles. The number of hydrogen-bond acceptors (Lipinski definition) is 1. The van der Waals surface area contributed by atoms with Crippen molar-refractivity contribution in [1.29, 1.82) is 0 Å². The number of hydrogen-bond donors (Lipinski definition) is 0. The van der Waals surface area contributed by atoms with Crippen molar-refractivity contribution in [3.05, 3.63) is 35.1 Å². The molecule has 138 valence electrons. The van der Waals surface area contributed by atoms with E-state index in [4.69, 9.17) is 0 Å². The molecule has 1 nitrogen and oxygen atoms in total. The maximum Gasteiger partial charge on any atom is 0.0355 e. The second-order valence-corrected chi connectivity index (χ2v) is 5.40. The van der Waals surface area contributed by atoms with E-state index in [-0.39, 0.29) is 0 Å². The van der Waals surface area contributed by atoms with Crippen molar-refractivity contribution in [2.75, 3.05) is 13.1 Å². The first-order valence-electron chi connectivity index (χ1n) is 9.74. The number of rotatable bonds is 9. The third kappa shape index (κ3) is 12.1. The van der Waals surface area contributed by atoms with Crippen molar-refractivity contribution in [2.24, 2.45) is 0 Å². The first-order chi connectivity index (χ1) is 11.0. The number of nitrogens with zero attached hydrogens (tertiary/aromatic N) is 1. The van der Waals surface area contributed by atoms with Crippen LogP contribution in [0.4, 0.5) is 0 Å². The molecule has 0 aromatic heterocycles. The topological polar surface area (TPSA) is 3.24 Å². The average molecular weight is 324 g/mol. The van der Waals surface area contributed by atoms with Gasteiger partial charge in [0.25, 0.3) is 0 Å². The Hall–Kier alpha value is -0.980. The zero-order chi connectivity index (χ0) is 18.8. The summed E-state index contributed by atoms with van der Waals surface area (Å²) in [6.07, 6.45) is 7.29. The zero-order valence-electron chi connectivity index (χ0n) is 18.0. The maximum absolute atomic E-state index is 4.07. The van der Waals surface area contributed by atoms with Gasteiger partial charge < -0.3 is 4.90 Å². The van der Waals surface area contributed by atoms with Gasteiger partial charge in [-0.25, -0.2) is 0 Å². The van der Waals surface area contributed by atoms with Crippen LogP contribution in [0.25, 0.3) is 0 Å². The van der Waals surface area contributed by atoms with Crippen LogP contribution in [0.5, 0.6) is 0 Å². The smallest absolute Gasteiger partial charge is 0.0355 e. The molecule has 0 unspecified atom stereocenters.